The molecule has 1 aliphatic rings. The molecule has 0 spiro atoms. The van der Waals surface area contributed by atoms with Gasteiger partial charge in [0.2, 0.25) is 26.0 Å². The highest BCUT2D eigenvalue weighted by molar-refractivity contribution is 7.94. The van der Waals surface area contributed by atoms with Gasteiger partial charge in [-0.25, -0.2) is 25.9 Å². The number of carbonyl (C=O) groups is 1. The van der Waals surface area contributed by atoms with Crippen molar-refractivity contribution < 1.29 is 21.6 Å². The van der Waals surface area contributed by atoms with E-state index in [2.05, 4.69) is 4.72 Å². The fraction of sp³-hybridized carbons (Fsp3) is 0.588. The van der Waals surface area contributed by atoms with E-state index in [0.717, 1.165) is 23.6 Å². The lowest BCUT2D eigenvalue weighted by molar-refractivity contribution is -0.123. The van der Waals surface area contributed by atoms with Gasteiger partial charge >= 0.3 is 0 Å². The molecule has 0 aliphatic carbocycles. The Labute approximate surface area is 155 Å². The molecule has 1 amide bonds. The number of nitrogens with zero attached hydrogens (tertiary/aromatic N) is 1. The van der Waals surface area contributed by atoms with Gasteiger partial charge in [-0.3, -0.25) is 4.79 Å². The van der Waals surface area contributed by atoms with Gasteiger partial charge in [-0.2, -0.15) is 0 Å². The van der Waals surface area contributed by atoms with E-state index in [-0.39, 0.29) is 16.3 Å². The molecular weight excluding hydrogens is 376 g/mol. The predicted molar refractivity (Wildman–Crippen MR) is 101 cm³/mol. The minimum absolute atomic E-state index is 0.0843. The second-order valence-electron chi connectivity index (χ2n) is 7.26. The van der Waals surface area contributed by atoms with Crippen LogP contribution in [0.3, 0.4) is 0 Å². The maximum atomic E-state index is 12.5. The van der Waals surface area contributed by atoms with Crippen molar-refractivity contribution >= 4 is 31.6 Å². The van der Waals surface area contributed by atoms with E-state index in [4.69, 9.17) is 0 Å². The second-order valence-corrected chi connectivity index (χ2v) is 10.8. The van der Waals surface area contributed by atoms with Crippen molar-refractivity contribution in [1.82, 2.24) is 4.72 Å². The van der Waals surface area contributed by atoms with Crippen LogP contribution in [-0.4, -0.2) is 35.0 Å². The topological polar surface area (TPSA) is 101 Å². The first-order valence-electron chi connectivity index (χ1n) is 8.60. The third kappa shape index (κ3) is 4.10. The first kappa shape index (κ1) is 20.9. The molecule has 1 aliphatic heterocycles. The number of hydrogen-bond donors (Lipinski definition) is 1. The molecule has 0 saturated carbocycles. The Balaban J connectivity index is 2.32. The molecule has 1 aromatic carbocycles. The van der Waals surface area contributed by atoms with E-state index < -0.39 is 31.4 Å². The van der Waals surface area contributed by atoms with Gasteiger partial charge in [0.1, 0.15) is 0 Å². The molecule has 2 rings (SSSR count). The monoisotopic (exact) mass is 402 g/mol. The molecule has 0 atom stereocenters. The Kier molecular flexibility index (Phi) is 5.84. The average molecular weight is 403 g/mol. The summed E-state index contributed by atoms with van der Waals surface area (Å²) >= 11 is 0. The summed E-state index contributed by atoms with van der Waals surface area (Å²) in [6, 6.07) is 4.14. The maximum Gasteiger partial charge on any atom is 0.247 e. The molecule has 1 N–H and O–H groups in total. The second kappa shape index (κ2) is 7.28. The molecule has 1 heterocycles. The number of carbonyl (C=O) groups excluding carboxylic acids is 1. The normalized spacial score (nSPS) is 19.1. The van der Waals surface area contributed by atoms with Crippen molar-refractivity contribution in [2.45, 2.75) is 51.9 Å². The summed E-state index contributed by atoms with van der Waals surface area (Å²) in [6.45, 7) is 7.14. The molecular formula is C17H26N2O5S2. The molecule has 9 heteroatoms. The van der Waals surface area contributed by atoms with Gasteiger partial charge in [-0.1, -0.05) is 19.8 Å². The van der Waals surface area contributed by atoms with Crippen molar-refractivity contribution in [1.29, 1.82) is 0 Å². The number of nitrogens with one attached hydrogen (secondary N) is 1. The molecule has 146 valence electrons. The molecule has 0 aromatic heterocycles. The molecule has 0 radical (unpaired) electrons. The van der Waals surface area contributed by atoms with Gasteiger partial charge in [-0.15, -0.1) is 0 Å². The van der Waals surface area contributed by atoms with Crippen molar-refractivity contribution in [2.75, 3.05) is 16.6 Å². The third-order valence-corrected chi connectivity index (χ3v) is 7.98. The standard InChI is InChI=1S/C17H26N2O5S2/c1-5-6-7-10-18-26(23,24)15-9-8-14(11-13(15)2)19-16(20)17(3,4)12-25(19,21)22/h8-9,11,18H,5-7,10,12H2,1-4H3. The Morgan fingerprint density at radius 1 is 1.23 bits per heavy atom. The summed E-state index contributed by atoms with van der Waals surface area (Å²) in [5.74, 6) is -0.776. The Bertz CT molecular complexity index is 905. The average Bonchev–Trinajstić information content (AvgIpc) is 2.66. The smallest absolute Gasteiger partial charge is 0.247 e. The largest absolute Gasteiger partial charge is 0.273 e. The number of aryl methyl sites for hydroxylation is 1. The van der Waals surface area contributed by atoms with Crippen LogP contribution in [0.1, 0.15) is 45.6 Å². The fourth-order valence-electron chi connectivity index (χ4n) is 2.98. The van der Waals surface area contributed by atoms with Gasteiger partial charge in [-0.05, 0) is 51.0 Å². The lowest BCUT2D eigenvalue weighted by Gasteiger charge is -2.19. The maximum absolute atomic E-state index is 12.5. The predicted octanol–water partition coefficient (Wildman–Crippen LogP) is 2.17. The van der Waals surface area contributed by atoms with Crippen LogP contribution in [-0.2, 0) is 24.8 Å². The highest BCUT2D eigenvalue weighted by Gasteiger charge is 2.50. The molecule has 7 nitrogen and oxygen atoms in total. The van der Waals surface area contributed by atoms with Crippen molar-refractivity contribution in [3.63, 3.8) is 0 Å². The molecule has 1 aromatic rings. The van der Waals surface area contributed by atoms with Gasteiger partial charge < -0.3 is 0 Å². The van der Waals surface area contributed by atoms with Crippen LogP contribution < -0.4 is 9.03 Å². The van der Waals surface area contributed by atoms with E-state index in [0.29, 0.717) is 12.1 Å². The fourth-order valence-corrected chi connectivity index (χ4v) is 6.38. The minimum atomic E-state index is -3.76. The number of benzene rings is 1. The van der Waals surface area contributed by atoms with Crippen LogP contribution in [0.5, 0.6) is 0 Å². The van der Waals surface area contributed by atoms with Gasteiger partial charge in [0.25, 0.3) is 0 Å². The Morgan fingerprint density at radius 3 is 2.38 bits per heavy atom. The van der Waals surface area contributed by atoms with E-state index in [1.807, 2.05) is 6.92 Å². The molecule has 1 fully saturated rings. The summed E-state index contributed by atoms with van der Waals surface area (Å²) in [5, 5.41) is 0. The van der Waals surface area contributed by atoms with Crippen LogP contribution >= 0.6 is 0 Å². The summed E-state index contributed by atoms with van der Waals surface area (Å²) in [4.78, 5) is 12.5. The summed E-state index contributed by atoms with van der Waals surface area (Å²) in [7, 11) is -7.44. The number of sulfonamides is 2. The number of unbranched alkanes of at least 4 members (excludes halogenated alkanes) is 2. The summed E-state index contributed by atoms with van der Waals surface area (Å²) in [6.07, 6.45) is 2.68. The van der Waals surface area contributed by atoms with Crippen molar-refractivity contribution in [3.8, 4) is 0 Å². The SMILES string of the molecule is CCCCCNS(=O)(=O)c1ccc(N2C(=O)C(C)(C)CS2(=O)=O)cc1C. The third-order valence-electron chi connectivity index (χ3n) is 4.34. The lowest BCUT2D eigenvalue weighted by Crippen LogP contribution is -2.33. The zero-order valence-corrected chi connectivity index (χ0v) is 17.2. The Morgan fingerprint density at radius 2 is 1.88 bits per heavy atom. The zero-order chi connectivity index (χ0) is 19.8. The zero-order valence-electron chi connectivity index (χ0n) is 15.6. The van der Waals surface area contributed by atoms with Gasteiger partial charge in [0, 0.05) is 6.54 Å². The van der Waals surface area contributed by atoms with Crippen LogP contribution in [0.2, 0.25) is 0 Å². The minimum Gasteiger partial charge on any atom is -0.273 e. The highest BCUT2D eigenvalue weighted by atomic mass is 32.2. The molecule has 26 heavy (non-hydrogen) atoms. The first-order chi connectivity index (χ1) is 11.9. The number of amides is 1. The van der Waals surface area contributed by atoms with Crippen LogP contribution in [0.15, 0.2) is 23.1 Å². The lowest BCUT2D eigenvalue weighted by atomic mass is 9.95. The summed E-state index contributed by atoms with van der Waals surface area (Å²) in [5.41, 5.74) is -0.445. The highest BCUT2D eigenvalue weighted by Crippen LogP contribution is 2.36. The number of rotatable bonds is 7. The molecule has 1 saturated heterocycles. The quantitative estimate of drug-likeness (QED) is 0.705. The Hall–Kier alpha value is -1.45. The van der Waals surface area contributed by atoms with E-state index in [9.17, 15) is 21.6 Å². The van der Waals surface area contributed by atoms with E-state index in [1.54, 1.807) is 20.8 Å². The molecule has 0 bridgehead atoms. The number of anilines is 1. The first-order valence-corrected chi connectivity index (χ1v) is 11.7. The van der Waals surface area contributed by atoms with Crippen molar-refractivity contribution in [3.05, 3.63) is 23.8 Å². The van der Waals surface area contributed by atoms with E-state index in [1.165, 1.54) is 18.2 Å². The summed E-state index contributed by atoms with van der Waals surface area (Å²) < 4.78 is 52.9. The van der Waals surface area contributed by atoms with E-state index >= 15 is 0 Å². The van der Waals surface area contributed by atoms with Crippen LogP contribution in [0.25, 0.3) is 0 Å². The van der Waals surface area contributed by atoms with Crippen LogP contribution in [0.4, 0.5) is 5.69 Å². The van der Waals surface area contributed by atoms with Crippen molar-refractivity contribution in [2.24, 2.45) is 5.41 Å². The van der Waals surface area contributed by atoms with Crippen LogP contribution in [0, 0.1) is 12.3 Å². The molecule has 0 unspecified atom stereocenters. The van der Waals surface area contributed by atoms with Gasteiger partial charge in [0.15, 0.2) is 0 Å². The van der Waals surface area contributed by atoms with Gasteiger partial charge in [0.05, 0.1) is 21.8 Å². The number of hydrogen-bond acceptors (Lipinski definition) is 5.